The zero-order chi connectivity index (χ0) is 12.7. The van der Waals surface area contributed by atoms with Gasteiger partial charge >= 0.3 is 0 Å². The van der Waals surface area contributed by atoms with E-state index in [0.29, 0.717) is 17.3 Å². The summed E-state index contributed by atoms with van der Waals surface area (Å²) in [6, 6.07) is 0. The quantitative estimate of drug-likeness (QED) is 0.735. The minimum absolute atomic E-state index is 0.220. The molecule has 0 aliphatic rings. The molecule has 0 aromatic carbocycles. The third-order valence-electron chi connectivity index (χ3n) is 2.90. The summed E-state index contributed by atoms with van der Waals surface area (Å²) in [4.78, 5) is 13.0. The van der Waals surface area contributed by atoms with Gasteiger partial charge in [-0.2, -0.15) is 0 Å². The minimum atomic E-state index is 0.220. The van der Waals surface area contributed by atoms with Gasteiger partial charge in [0.2, 0.25) is 0 Å². The summed E-state index contributed by atoms with van der Waals surface area (Å²) in [7, 11) is 0. The highest BCUT2D eigenvalue weighted by Gasteiger charge is 2.12. The second kappa shape index (κ2) is 3.81. The van der Waals surface area contributed by atoms with E-state index in [1.807, 2.05) is 13.8 Å². The van der Waals surface area contributed by atoms with Crippen molar-refractivity contribution in [1.29, 1.82) is 0 Å². The lowest BCUT2D eigenvalue weighted by atomic mass is 10.00. The standard InChI is InChI=1S/C13H17N3/c1-7(2)12-8(3)9(4)13-11(16-12)6-14-10(5)15-13/h6-7H,1-5H3/i6D. The van der Waals surface area contributed by atoms with Crippen molar-refractivity contribution in [3.8, 4) is 0 Å². The molecule has 2 aromatic rings. The van der Waals surface area contributed by atoms with Crippen LogP contribution < -0.4 is 0 Å². The van der Waals surface area contributed by atoms with E-state index in [1.165, 1.54) is 5.56 Å². The molecule has 2 heterocycles. The van der Waals surface area contributed by atoms with E-state index >= 15 is 0 Å². The number of hydrogen-bond acceptors (Lipinski definition) is 3. The van der Waals surface area contributed by atoms with Crippen LogP contribution in [0.2, 0.25) is 0 Å². The SMILES string of the molecule is [2H]c1nc(C)nc2c(C)c(C)c(C(C)C)nc12. The molecule has 3 heteroatoms. The zero-order valence-corrected chi connectivity index (χ0v) is 10.4. The molecule has 0 aliphatic carbocycles. The van der Waals surface area contributed by atoms with E-state index in [9.17, 15) is 0 Å². The summed E-state index contributed by atoms with van der Waals surface area (Å²) in [6.45, 7) is 10.1. The number of pyridine rings is 1. The Balaban J connectivity index is 2.91. The highest BCUT2D eigenvalue weighted by molar-refractivity contribution is 5.78. The first-order valence-corrected chi connectivity index (χ1v) is 5.54. The summed E-state index contributed by atoms with van der Waals surface area (Å²) in [6.07, 6.45) is 0.220. The fraction of sp³-hybridized carbons (Fsp3) is 0.462. The smallest absolute Gasteiger partial charge is 0.126 e. The van der Waals surface area contributed by atoms with Crippen molar-refractivity contribution in [2.24, 2.45) is 0 Å². The third-order valence-corrected chi connectivity index (χ3v) is 2.90. The van der Waals surface area contributed by atoms with Crippen LogP contribution in [0.5, 0.6) is 0 Å². The van der Waals surface area contributed by atoms with Gasteiger partial charge in [0.1, 0.15) is 11.3 Å². The Morgan fingerprint density at radius 2 is 1.81 bits per heavy atom. The lowest BCUT2D eigenvalue weighted by Crippen LogP contribution is -2.02. The Morgan fingerprint density at radius 3 is 2.44 bits per heavy atom. The Morgan fingerprint density at radius 1 is 1.12 bits per heavy atom. The molecule has 0 aliphatic heterocycles. The first-order chi connectivity index (χ1) is 7.91. The zero-order valence-electron chi connectivity index (χ0n) is 11.4. The molecule has 0 bridgehead atoms. The van der Waals surface area contributed by atoms with Gasteiger partial charge in [0.05, 0.1) is 13.1 Å². The molecule has 0 saturated carbocycles. The first-order valence-electron chi connectivity index (χ1n) is 6.04. The number of aryl methyl sites for hydroxylation is 2. The van der Waals surface area contributed by atoms with Crippen LogP contribution >= 0.6 is 0 Å². The predicted octanol–water partition coefficient (Wildman–Crippen LogP) is 3.07. The summed E-state index contributed by atoms with van der Waals surface area (Å²) >= 11 is 0. The molecule has 2 rings (SSSR count). The van der Waals surface area contributed by atoms with Crippen LogP contribution in [-0.2, 0) is 0 Å². The second-order valence-electron chi connectivity index (χ2n) is 4.48. The van der Waals surface area contributed by atoms with E-state index < -0.39 is 0 Å². The molecule has 84 valence electrons. The molecule has 0 unspecified atom stereocenters. The van der Waals surface area contributed by atoms with Crippen molar-refractivity contribution in [2.75, 3.05) is 0 Å². The van der Waals surface area contributed by atoms with Crippen molar-refractivity contribution in [3.05, 3.63) is 28.8 Å². The molecule has 0 fully saturated rings. The highest BCUT2D eigenvalue weighted by Crippen LogP contribution is 2.24. The first kappa shape index (κ1) is 9.70. The number of hydrogen-bond donors (Lipinski definition) is 0. The maximum atomic E-state index is 7.90. The van der Waals surface area contributed by atoms with Crippen molar-refractivity contribution < 1.29 is 1.37 Å². The molecule has 3 nitrogen and oxygen atoms in total. The molecule has 0 spiro atoms. The Bertz CT molecular complexity index is 591. The average molecular weight is 216 g/mol. The maximum absolute atomic E-state index is 7.90. The van der Waals surface area contributed by atoms with Crippen LogP contribution in [0.1, 0.15) is 43.8 Å². The van der Waals surface area contributed by atoms with E-state index in [0.717, 1.165) is 16.8 Å². The number of rotatable bonds is 1. The van der Waals surface area contributed by atoms with E-state index in [4.69, 9.17) is 1.37 Å². The summed E-state index contributed by atoms with van der Waals surface area (Å²) in [5.74, 6) is 0.975. The summed E-state index contributed by atoms with van der Waals surface area (Å²) in [5.41, 5.74) is 4.74. The van der Waals surface area contributed by atoms with Gasteiger partial charge in [0.15, 0.2) is 0 Å². The molecule has 2 aromatic heterocycles. The van der Waals surface area contributed by atoms with Gasteiger partial charge in [-0.15, -0.1) is 0 Å². The van der Waals surface area contributed by atoms with Crippen LogP contribution in [0.3, 0.4) is 0 Å². The largest absolute Gasteiger partial charge is 0.249 e. The molecular formula is C13H17N3. The van der Waals surface area contributed by atoms with Gasteiger partial charge in [0.25, 0.3) is 0 Å². The number of fused-ring (bicyclic) bond motifs is 1. The van der Waals surface area contributed by atoms with E-state index in [1.54, 1.807) is 0 Å². The van der Waals surface area contributed by atoms with Crippen LogP contribution in [0.25, 0.3) is 11.0 Å². The van der Waals surface area contributed by atoms with Crippen LogP contribution in [-0.4, -0.2) is 15.0 Å². The van der Waals surface area contributed by atoms with E-state index in [2.05, 4.69) is 35.7 Å². The van der Waals surface area contributed by atoms with Crippen molar-refractivity contribution >= 4 is 11.0 Å². The molecule has 0 amide bonds. The van der Waals surface area contributed by atoms with Gasteiger partial charge in [-0.1, -0.05) is 13.8 Å². The number of nitrogens with zero attached hydrogens (tertiary/aromatic N) is 3. The van der Waals surface area contributed by atoms with Gasteiger partial charge in [0, 0.05) is 5.69 Å². The maximum Gasteiger partial charge on any atom is 0.126 e. The van der Waals surface area contributed by atoms with Crippen LogP contribution in [0.15, 0.2) is 6.17 Å². The van der Waals surface area contributed by atoms with Gasteiger partial charge < -0.3 is 0 Å². The van der Waals surface area contributed by atoms with Crippen molar-refractivity contribution in [1.82, 2.24) is 15.0 Å². The van der Waals surface area contributed by atoms with Crippen LogP contribution in [0.4, 0.5) is 0 Å². The second-order valence-corrected chi connectivity index (χ2v) is 4.48. The fourth-order valence-corrected chi connectivity index (χ4v) is 1.90. The van der Waals surface area contributed by atoms with Gasteiger partial charge in [-0.25, -0.2) is 15.0 Å². The molecule has 0 atom stereocenters. The van der Waals surface area contributed by atoms with Crippen LogP contribution in [0, 0.1) is 20.8 Å². The third kappa shape index (κ3) is 1.66. The normalized spacial score (nSPS) is 12.2. The minimum Gasteiger partial charge on any atom is -0.249 e. The van der Waals surface area contributed by atoms with Crippen molar-refractivity contribution in [3.63, 3.8) is 0 Å². The summed E-state index contributed by atoms with van der Waals surface area (Å²) < 4.78 is 7.90. The highest BCUT2D eigenvalue weighted by atomic mass is 14.9. The van der Waals surface area contributed by atoms with Gasteiger partial charge in [-0.3, -0.25) is 0 Å². The Hall–Kier alpha value is -1.51. The topological polar surface area (TPSA) is 38.7 Å². The monoisotopic (exact) mass is 216 g/mol. The lowest BCUT2D eigenvalue weighted by molar-refractivity contribution is 0.814. The Kier molecular flexibility index (Phi) is 2.31. The van der Waals surface area contributed by atoms with Crippen molar-refractivity contribution in [2.45, 2.75) is 40.5 Å². The number of aromatic nitrogens is 3. The van der Waals surface area contributed by atoms with E-state index in [-0.39, 0.29) is 6.17 Å². The predicted molar refractivity (Wildman–Crippen MR) is 65.6 cm³/mol. The molecule has 0 saturated heterocycles. The average Bonchev–Trinajstić information content (AvgIpc) is 2.23. The lowest BCUT2D eigenvalue weighted by Gasteiger charge is -2.13. The summed E-state index contributed by atoms with van der Waals surface area (Å²) in [5, 5.41) is 0. The fourth-order valence-electron chi connectivity index (χ4n) is 1.90. The molecule has 0 radical (unpaired) electrons. The molecule has 16 heavy (non-hydrogen) atoms. The molecule has 0 N–H and O–H groups in total. The van der Waals surface area contributed by atoms with Gasteiger partial charge in [-0.05, 0) is 37.8 Å². The molecular weight excluding hydrogens is 198 g/mol. The Labute approximate surface area is 97.4 Å².